The van der Waals surface area contributed by atoms with E-state index in [2.05, 4.69) is 34.5 Å². The SMILES string of the molecule is CCNC(=NCCc1ncc(C)s1)NCCC(=O)N1CCCC(C)C1.I. The van der Waals surface area contributed by atoms with Crippen LogP contribution in [0.25, 0.3) is 0 Å². The van der Waals surface area contributed by atoms with Crippen LogP contribution >= 0.6 is 35.3 Å². The van der Waals surface area contributed by atoms with Crippen molar-refractivity contribution in [2.24, 2.45) is 10.9 Å². The highest BCUT2D eigenvalue weighted by Gasteiger charge is 2.20. The zero-order chi connectivity index (χ0) is 18.1. The maximum Gasteiger partial charge on any atom is 0.224 e. The smallest absolute Gasteiger partial charge is 0.224 e. The van der Waals surface area contributed by atoms with E-state index in [1.165, 1.54) is 11.3 Å². The first-order valence-corrected chi connectivity index (χ1v) is 10.1. The molecule has 1 fully saturated rings. The molecule has 2 rings (SSSR count). The summed E-state index contributed by atoms with van der Waals surface area (Å²) >= 11 is 1.72. The number of hydrogen-bond acceptors (Lipinski definition) is 4. The van der Waals surface area contributed by atoms with E-state index < -0.39 is 0 Å². The van der Waals surface area contributed by atoms with Gasteiger partial charge in [0, 0.05) is 56.6 Å². The largest absolute Gasteiger partial charge is 0.357 e. The number of aromatic nitrogens is 1. The zero-order valence-electron chi connectivity index (χ0n) is 16.1. The number of piperidine rings is 1. The van der Waals surface area contributed by atoms with Crippen molar-refractivity contribution < 1.29 is 4.79 Å². The van der Waals surface area contributed by atoms with E-state index >= 15 is 0 Å². The van der Waals surface area contributed by atoms with Gasteiger partial charge in [-0.15, -0.1) is 35.3 Å². The number of nitrogens with zero attached hydrogens (tertiary/aromatic N) is 3. The van der Waals surface area contributed by atoms with E-state index in [9.17, 15) is 4.79 Å². The van der Waals surface area contributed by atoms with Gasteiger partial charge < -0.3 is 15.5 Å². The second-order valence-corrected chi connectivity index (χ2v) is 7.96. The summed E-state index contributed by atoms with van der Waals surface area (Å²) in [5.74, 6) is 1.64. The highest BCUT2D eigenvalue weighted by molar-refractivity contribution is 14.0. The van der Waals surface area contributed by atoms with E-state index in [-0.39, 0.29) is 29.9 Å². The van der Waals surface area contributed by atoms with Crippen LogP contribution in [0.1, 0.15) is 43.0 Å². The average molecular weight is 493 g/mol. The predicted molar refractivity (Wildman–Crippen MR) is 120 cm³/mol. The van der Waals surface area contributed by atoms with Crippen LogP contribution in [-0.4, -0.2) is 54.5 Å². The van der Waals surface area contributed by atoms with Crippen molar-refractivity contribution in [1.82, 2.24) is 20.5 Å². The highest BCUT2D eigenvalue weighted by Crippen LogP contribution is 2.16. The normalized spacial score (nSPS) is 17.6. The molecule has 8 heteroatoms. The van der Waals surface area contributed by atoms with Crippen molar-refractivity contribution >= 4 is 47.2 Å². The first-order valence-electron chi connectivity index (χ1n) is 9.29. The van der Waals surface area contributed by atoms with Crippen molar-refractivity contribution in [3.05, 3.63) is 16.1 Å². The van der Waals surface area contributed by atoms with Crippen molar-refractivity contribution in [3.8, 4) is 0 Å². The van der Waals surface area contributed by atoms with Gasteiger partial charge in [-0.1, -0.05) is 6.92 Å². The number of carbonyl (C=O) groups is 1. The average Bonchev–Trinajstić information content (AvgIpc) is 3.00. The van der Waals surface area contributed by atoms with Crippen molar-refractivity contribution in [2.75, 3.05) is 32.7 Å². The van der Waals surface area contributed by atoms with Gasteiger partial charge in [0.25, 0.3) is 0 Å². The summed E-state index contributed by atoms with van der Waals surface area (Å²) in [6.45, 7) is 10.3. The molecule has 1 saturated heterocycles. The second kappa shape index (κ2) is 12.5. The number of amides is 1. The third-order valence-electron chi connectivity index (χ3n) is 4.25. The van der Waals surface area contributed by atoms with Crippen LogP contribution < -0.4 is 10.6 Å². The summed E-state index contributed by atoms with van der Waals surface area (Å²) in [6, 6.07) is 0. The van der Waals surface area contributed by atoms with E-state index in [1.54, 1.807) is 11.3 Å². The first-order chi connectivity index (χ1) is 12.1. The maximum absolute atomic E-state index is 12.3. The Morgan fingerprint density at radius 2 is 2.27 bits per heavy atom. The Bertz CT molecular complexity index is 578. The Hall–Kier alpha value is -0.900. The Morgan fingerprint density at radius 1 is 1.46 bits per heavy atom. The summed E-state index contributed by atoms with van der Waals surface area (Å²) in [6.07, 6.45) is 5.63. The van der Waals surface area contributed by atoms with Gasteiger partial charge in [0.2, 0.25) is 5.91 Å². The second-order valence-electron chi connectivity index (χ2n) is 6.64. The summed E-state index contributed by atoms with van der Waals surface area (Å²) in [4.78, 5) is 24.5. The number of rotatable bonds is 7. The molecule has 0 radical (unpaired) electrons. The van der Waals surface area contributed by atoms with Gasteiger partial charge in [-0.2, -0.15) is 0 Å². The molecule has 0 aromatic carbocycles. The molecule has 1 aromatic rings. The van der Waals surface area contributed by atoms with Crippen LogP contribution in [-0.2, 0) is 11.2 Å². The number of thiazole rings is 1. The summed E-state index contributed by atoms with van der Waals surface area (Å²) in [5, 5.41) is 7.62. The topological polar surface area (TPSA) is 69.6 Å². The van der Waals surface area contributed by atoms with E-state index in [0.717, 1.165) is 43.4 Å². The molecule has 0 spiro atoms. The standard InChI is InChI=1S/C18H31N5OS.HI/c1-4-19-18(20-9-7-16-22-12-15(3)25-16)21-10-8-17(24)23-11-5-6-14(2)13-23;/h12,14H,4-11,13H2,1-3H3,(H2,19,20,21);1H. The van der Waals surface area contributed by atoms with E-state index in [4.69, 9.17) is 0 Å². The molecule has 1 aromatic heterocycles. The van der Waals surface area contributed by atoms with Gasteiger partial charge in [0.05, 0.1) is 5.01 Å². The van der Waals surface area contributed by atoms with Crippen LogP contribution in [0.5, 0.6) is 0 Å². The lowest BCUT2D eigenvalue weighted by Crippen LogP contribution is -2.42. The van der Waals surface area contributed by atoms with Gasteiger partial charge in [0.1, 0.15) is 0 Å². The molecule has 0 saturated carbocycles. The van der Waals surface area contributed by atoms with Crippen LogP contribution in [0.15, 0.2) is 11.2 Å². The third-order valence-corrected chi connectivity index (χ3v) is 5.22. The monoisotopic (exact) mass is 493 g/mol. The van der Waals surface area contributed by atoms with Crippen LogP contribution in [0, 0.1) is 12.8 Å². The number of nitrogens with one attached hydrogen (secondary N) is 2. The van der Waals surface area contributed by atoms with Gasteiger partial charge in [-0.3, -0.25) is 9.79 Å². The molecular weight excluding hydrogens is 461 g/mol. The summed E-state index contributed by atoms with van der Waals surface area (Å²) < 4.78 is 0. The number of aryl methyl sites for hydroxylation is 1. The van der Waals surface area contributed by atoms with Gasteiger partial charge >= 0.3 is 0 Å². The van der Waals surface area contributed by atoms with Crippen molar-refractivity contribution in [3.63, 3.8) is 0 Å². The molecule has 148 valence electrons. The number of aliphatic imine (C=N–C) groups is 1. The molecule has 26 heavy (non-hydrogen) atoms. The quantitative estimate of drug-likeness (QED) is 0.348. The molecule has 2 N–H and O–H groups in total. The molecule has 1 amide bonds. The lowest BCUT2D eigenvalue weighted by molar-refractivity contribution is -0.132. The van der Waals surface area contributed by atoms with Crippen molar-refractivity contribution in [1.29, 1.82) is 0 Å². The van der Waals surface area contributed by atoms with Crippen LogP contribution in [0.4, 0.5) is 0 Å². The lowest BCUT2D eigenvalue weighted by atomic mass is 10.00. The zero-order valence-corrected chi connectivity index (χ0v) is 19.2. The summed E-state index contributed by atoms with van der Waals surface area (Å²) in [5.41, 5.74) is 0. The van der Waals surface area contributed by atoms with E-state index in [1.807, 2.05) is 18.0 Å². The summed E-state index contributed by atoms with van der Waals surface area (Å²) in [7, 11) is 0. The number of halogens is 1. The lowest BCUT2D eigenvalue weighted by Gasteiger charge is -2.31. The number of likely N-dealkylation sites (tertiary alicyclic amines) is 1. The Kier molecular flexibility index (Phi) is 11.1. The molecule has 2 heterocycles. The van der Waals surface area contributed by atoms with E-state index in [0.29, 0.717) is 25.4 Å². The molecule has 1 aliphatic heterocycles. The molecule has 0 bridgehead atoms. The predicted octanol–water partition coefficient (Wildman–Crippen LogP) is 2.82. The Labute approximate surface area is 178 Å². The Morgan fingerprint density at radius 3 is 2.92 bits per heavy atom. The Balaban J connectivity index is 0.00000338. The van der Waals surface area contributed by atoms with Crippen LogP contribution in [0.3, 0.4) is 0 Å². The molecule has 0 aliphatic carbocycles. The fourth-order valence-electron chi connectivity index (χ4n) is 2.98. The number of hydrogen-bond donors (Lipinski definition) is 2. The third kappa shape index (κ3) is 8.20. The van der Waals surface area contributed by atoms with Gasteiger partial charge in [-0.05, 0) is 32.6 Å². The minimum absolute atomic E-state index is 0. The molecule has 1 atom stereocenters. The van der Waals surface area contributed by atoms with Gasteiger partial charge in [0.15, 0.2) is 5.96 Å². The van der Waals surface area contributed by atoms with Crippen molar-refractivity contribution in [2.45, 2.75) is 46.5 Å². The number of carbonyl (C=O) groups excluding carboxylic acids is 1. The minimum atomic E-state index is 0. The molecule has 1 aliphatic rings. The van der Waals surface area contributed by atoms with Crippen LogP contribution in [0.2, 0.25) is 0 Å². The highest BCUT2D eigenvalue weighted by atomic mass is 127. The van der Waals surface area contributed by atoms with Gasteiger partial charge in [-0.25, -0.2) is 4.98 Å². The molecule has 1 unspecified atom stereocenters. The molecule has 6 nitrogen and oxygen atoms in total. The fraction of sp³-hybridized carbons (Fsp3) is 0.722. The molecular formula is C18H32IN5OS. The maximum atomic E-state index is 12.3. The number of guanidine groups is 1. The first kappa shape index (κ1) is 23.1. The fourth-order valence-corrected chi connectivity index (χ4v) is 3.76. The minimum Gasteiger partial charge on any atom is -0.357 e.